The molecule has 22 heavy (non-hydrogen) atoms. The Hall–Kier alpha value is -3.46. The molecule has 0 unspecified atom stereocenters. The number of rotatable bonds is 2. The molecule has 6 nitrogen and oxygen atoms in total. The molecule has 3 aromatic rings. The molecule has 3 rings (SSSR count). The smallest absolute Gasteiger partial charge is 0.271 e. The van der Waals surface area contributed by atoms with E-state index in [0.717, 1.165) is 0 Å². The second kappa shape index (κ2) is 5.14. The number of fused-ring (bicyclic) bond motifs is 1. The van der Waals surface area contributed by atoms with Crippen molar-refractivity contribution in [2.75, 3.05) is 5.73 Å². The lowest BCUT2D eigenvalue weighted by Crippen LogP contribution is -1.99. The monoisotopic (exact) mass is 290 g/mol. The van der Waals surface area contributed by atoms with Gasteiger partial charge in [-0.15, -0.1) is 6.42 Å². The number of non-ortho nitro benzene ring substituents is 1. The van der Waals surface area contributed by atoms with Crippen molar-refractivity contribution in [3.63, 3.8) is 0 Å². The summed E-state index contributed by atoms with van der Waals surface area (Å²) in [7, 11) is 0. The minimum Gasteiger partial charge on any atom is -0.383 e. The molecule has 0 saturated carbocycles. The Labute approximate surface area is 125 Å². The second-order valence-corrected chi connectivity index (χ2v) is 4.62. The number of hydrogen-bond acceptors (Lipinski definition) is 5. The van der Waals surface area contributed by atoms with Gasteiger partial charge in [-0.3, -0.25) is 10.1 Å². The largest absolute Gasteiger partial charge is 0.383 e. The Morgan fingerprint density at radius 1 is 1.18 bits per heavy atom. The number of nitrogen functional groups attached to an aromatic ring is 1. The molecule has 106 valence electrons. The Kier molecular flexibility index (Phi) is 3.16. The Balaban J connectivity index is 2.22. The lowest BCUT2D eigenvalue weighted by Gasteiger charge is -2.06. The normalized spacial score (nSPS) is 10.3. The number of terminal acetylenes is 1. The lowest BCUT2D eigenvalue weighted by molar-refractivity contribution is -0.384. The number of benzene rings is 2. The number of nitrogens with two attached hydrogens (primary N) is 1. The summed E-state index contributed by atoms with van der Waals surface area (Å²) in [6.07, 6.45) is 5.38. The van der Waals surface area contributed by atoms with Crippen LogP contribution in [0, 0.1) is 22.5 Å². The van der Waals surface area contributed by atoms with E-state index in [9.17, 15) is 10.1 Å². The molecule has 0 amide bonds. The number of nitrogens with zero attached hydrogens (tertiary/aromatic N) is 3. The molecule has 1 aromatic heterocycles. The minimum atomic E-state index is -0.476. The van der Waals surface area contributed by atoms with E-state index in [1.165, 1.54) is 12.1 Å². The van der Waals surface area contributed by atoms with Crippen molar-refractivity contribution in [1.82, 2.24) is 9.97 Å². The van der Waals surface area contributed by atoms with Gasteiger partial charge in [0.15, 0.2) is 5.82 Å². The van der Waals surface area contributed by atoms with Gasteiger partial charge in [-0.1, -0.05) is 18.1 Å². The molecule has 0 radical (unpaired) electrons. The molecular weight excluding hydrogens is 280 g/mol. The van der Waals surface area contributed by atoms with E-state index in [0.29, 0.717) is 27.9 Å². The highest BCUT2D eigenvalue weighted by Crippen LogP contribution is 2.26. The van der Waals surface area contributed by atoms with Crippen molar-refractivity contribution < 1.29 is 4.92 Å². The van der Waals surface area contributed by atoms with Crippen LogP contribution in [0.3, 0.4) is 0 Å². The van der Waals surface area contributed by atoms with E-state index in [1.807, 2.05) is 0 Å². The predicted octanol–water partition coefficient (Wildman–Crippen LogP) is 2.77. The molecule has 6 heteroatoms. The zero-order valence-electron chi connectivity index (χ0n) is 11.4. The van der Waals surface area contributed by atoms with Gasteiger partial charge in [0.1, 0.15) is 5.82 Å². The van der Waals surface area contributed by atoms with Gasteiger partial charge in [0.05, 0.1) is 10.4 Å². The summed E-state index contributed by atoms with van der Waals surface area (Å²) in [5, 5.41) is 11.4. The maximum atomic E-state index is 10.9. The first kappa shape index (κ1) is 13.5. The van der Waals surface area contributed by atoms with Crippen molar-refractivity contribution in [3.05, 3.63) is 58.1 Å². The van der Waals surface area contributed by atoms with Crippen LogP contribution in [0.25, 0.3) is 22.3 Å². The third-order valence-electron chi connectivity index (χ3n) is 3.21. The van der Waals surface area contributed by atoms with Gasteiger partial charge in [0.25, 0.3) is 5.69 Å². The third-order valence-corrected chi connectivity index (χ3v) is 3.21. The number of hydrogen-bond donors (Lipinski definition) is 1. The van der Waals surface area contributed by atoms with E-state index >= 15 is 0 Å². The minimum absolute atomic E-state index is 0.0473. The molecule has 0 saturated heterocycles. The summed E-state index contributed by atoms with van der Waals surface area (Å²) in [6, 6.07) is 11.4. The van der Waals surface area contributed by atoms with Crippen LogP contribution in [0.1, 0.15) is 5.56 Å². The molecule has 0 bridgehead atoms. The standard InChI is InChI=1S/C16H10N4O2/c1-2-10-4-3-5-11(8-10)16-18-14-9-12(20(21)22)6-7-13(14)15(17)19-16/h1,3-9H,(H2,17,18,19). The molecule has 0 fully saturated rings. The van der Waals surface area contributed by atoms with E-state index in [4.69, 9.17) is 12.2 Å². The van der Waals surface area contributed by atoms with Crippen molar-refractivity contribution in [2.24, 2.45) is 0 Å². The fraction of sp³-hybridized carbons (Fsp3) is 0. The van der Waals surface area contributed by atoms with Crippen molar-refractivity contribution in [2.45, 2.75) is 0 Å². The number of aromatic nitrogens is 2. The zero-order valence-corrected chi connectivity index (χ0v) is 11.4. The van der Waals surface area contributed by atoms with E-state index in [-0.39, 0.29) is 11.5 Å². The Bertz CT molecular complexity index is 945. The number of nitro groups is 1. The molecule has 1 heterocycles. The summed E-state index contributed by atoms with van der Waals surface area (Å²) >= 11 is 0. The van der Waals surface area contributed by atoms with Crippen LogP contribution in [-0.2, 0) is 0 Å². The lowest BCUT2D eigenvalue weighted by atomic mass is 10.1. The van der Waals surface area contributed by atoms with Crippen molar-refractivity contribution >= 4 is 22.4 Å². The second-order valence-electron chi connectivity index (χ2n) is 4.62. The number of anilines is 1. The summed E-state index contributed by atoms with van der Waals surface area (Å²) in [5.41, 5.74) is 7.70. The first-order chi connectivity index (χ1) is 10.6. The first-order valence-corrected chi connectivity index (χ1v) is 6.37. The van der Waals surface area contributed by atoms with Gasteiger partial charge in [-0.25, -0.2) is 9.97 Å². The molecule has 2 N–H and O–H groups in total. The van der Waals surface area contributed by atoms with Crippen molar-refractivity contribution in [3.8, 4) is 23.7 Å². The average molecular weight is 290 g/mol. The highest BCUT2D eigenvalue weighted by Gasteiger charge is 2.12. The number of nitro benzene ring substituents is 1. The fourth-order valence-corrected chi connectivity index (χ4v) is 2.13. The fourth-order valence-electron chi connectivity index (χ4n) is 2.13. The van der Waals surface area contributed by atoms with Gasteiger partial charge < -0.3 is 5.73 Å². The van der Waals surface area contributed by atoms with E-state index in [2.05, 4.69) is 15.9 Å². The highest BCUT2D eigenvalue weighted by molar-refractivity contribution is 5.91. The van der Waals surface area contributed by atoms with Crippen LogP contribution in [0.4, 0.5) is 11.5 Å². The van der Waals surface area contributed by atoms with Gasteiger partial charge in [-0.05, 0) is 18.2 Å². The molecule has 2 aromatic carbocycles. The van der Waals surface area contributed by atoms with Crippen LogP contribution in [0.2, 0.25) is 0 Å². The van der Waals surface area contributed by atoms with Crippen LogP contribution in [0.5, 0.6) is 0 Å². The zero-order chi connectivity index (χ0) is 15.7. The van der Waals surface area contributed by atoms with Gasteiger partial charge in [0.2, 0.25) is 0 Å². The topological polar surface area (TPSA) is 94.9 Å². The van der Waals surface area contributed by atoms with Gasteiger partial charge in [0, 0.05) is 28.6 Å². The molecular formula is C16H10N4O2. The van der Waals surface area contributed by atoms with Crippen LogP contribution < -0.4 is 5.73 Å². The first-order valence-electron chi connectivity index (χ1n) is 6.37. The summed E-state index contributed by atoms with van der Waals surface area (Å²) < 4.78 is 0. The summed E-state index contributed by atoms with van der Waals surface area (Å²) in [5.74, 6) is 3.18. The molecule has 0 atom stereocenters. The predicted molar refractivity (Wildman–Crippen MR) is 84.0 cm³/mol. The van der Waals surface area contributed by atoms with Crippen molar-refractivity contribution in [1.29, 1.82) is 0 Å². The van der Waals surface area contributed by atoms with E-state index in [1.54, 1.807) is 30.3 Å². The summed E-state index contributed by atoms with van der Waals surface area (Å²) in [6.45, 7) is 0. The van der Waals surface area contributed by atoms with E-state index < -0.39 is 4.92 Å². The maximum Gasteiger partial charge on any atom is 0.271 e. The van der Waals surface area contributed by atoms with Crippen LogP contribution in [-0.4, -0.2) is 14.9 Å². The Morgan fingerprint density at radius 2 is 2.00 bits per heavy atom. The Morgan fingerprint density at radius 3 is 2.73 bits per heavy atom. The SMILES string of the molecule is C#Cc1cccc(-c2nc(N)c3ccc([N+](=O)[O-])cc3n2)c1. The third kappa shape index (κ3) is 2.31. The molecule has 0 aliphatic heterocycles. The summed E-state index contributed by atoms with van der Waals surface area (Å²) in [4.78, 5) is 19.0. The van der Waals surface area contributed by atoms with Crippen LogP contribution in [0.15, 0.2) is 42.5 Å². The van der Waals surface area contributed by atoms with Gasteiger partial charge in [-0.2, -0.15) is 0 Å². The average Bonchev–Trinajstić information content (AvgIpc) is 2.54. The molecule has 0 aliphatic rings. The van der Waals surface area contributed by atoms with Crippen LogP contribution >= 0.6 is 0 Å². The highest BCUT2D eigenvalue weighted by atomic mass is 16.6. The quantitative estimate of drug-likeness (QED) is 0.445. The molecule has 0 aliphatic carbocycles. The van der Waals surface area contributed by atoms with Gasteiger partial charge >= 0.3 is 0 Å². The maximum absolute atomic E-state index is 10.9. The molecule has 0 spiro atoms.